The Kier molecular flexibility index (Phi) is 5.89. The lowest BCUT2D eigenvalue weighted by atomic mass is 10.1. The third kappa shape index (κ3) is 3.61. The molecule has 108 valence electrons. The highest BCUT2D eigenvalue weighted by atomic mass is 35.5. The molecule has 1 saturated heterocycles. The molecular weight excluding hydrogens is 304 g/mol. The highest BCUT2D eigenvalue weighted by Crippen LogP contribution is 2.40. The molecule has 0 aliphatic carbocycles. The van der Waals surface area contributed by atoms with Crippen molar-refractivity contribution in [3.05, 3.63) is 16.9 Å². The van der Waals surface area contributed by atoms with Crippen LogP contribution in [0.15, 0.2) is 6.20 Å². The molecule has 7 heteroatoms. The number of hydrogen-bond donors (Lipinski definition) is 1. The summed E-state index contributed by atoms with van der Waals surface area (Å²) in [4.78, 5) is 0. The van der Waals surface area contributed by atoms with E-state index in [0.29, 0.717) is 29.1 Å². The second-order valence-corrected chi connectivity index (χ2v) is 7.63. The van der Waals surface area contributed by atoms with E-state index in [0.717, 1.165) is 11.5 Å². The van der Waals surface area contributed by atoms with Crippen LogP contribution in [0, 0.1) is 0 Å². The smallest absolute Gasteiger partial charge is 0.110 e. The first-order valence-electron chi connectivity index (χ1n) is 6.26. The van der Waals surface area contributed by atoms with Gasteiger partial charge in [0, 0.05) is 29.1 Å². The van der Waals surface area contributed by atoms with Crippen LogP contribution in [0.4, 0.5) is 0 Å². The Balaban J connectivity index is 2.17. The Labute approximate surface area is 127 Å². The quantitative estimate of drug-likeness (QED) is 0.902. The third-order valence-corrected chi connectivity index (χ3v) is 6.64. The Morgan fingerprint density at radius 2 is 2.32 bits per heavy atom. The summed E-state index contributed by atoms with van der Waals surface area (Å²) in [5, 5.41) is 16.0. The van der Waals surface area contributed by atoms with E-state index in [4.69, 9.17) is 16.3 Å². The Hall–Kier alpha value is 0.120. The van der Waals surface area contributed by atoms with Crippen molar-refractivity contribution < 1.29 is 9.84 Å². The fraction of sp³-hybridized carbons (Fsp3) is 0.750. The lowest BCUT2D eigenvalue weighted by molar-refractivity contribution is 0.150. The second-order valence-electron chi connectivity index (χ2n) is 4.45. The molecule has 3 unspecified atom stereocenters. The maximum absolute atomic E-state index is 10.6. The van der Waals surface area contributed by atoms with Gasteiger partial charge < -0.3 is 9.84 Å². The number of ether oxygens (including phenoxy) is 1. The summed E-state index contributed by atoms with van der Waals surface area (Å²) in [6, 6.07) is 0. The van der Waals surface area contributed by atoms with Crippen molar-refractivity contribution in [2.24, 2.45) is 0 Å². The van der Waals surface area contributed by atoms with Gasteiger partial charge in [-0.2, -0.15) is 28.6 Å². The molecule has 4 nitrogen and oxygen atoms in total. The molecule has 1 aromatic rings. The van der Waals surface area contributed by atoms with Crippen molar-refractivity contribution in [2.45, 2.75) is 30.1 Å². The van der Waals surface area contributed by atoms with Crippen LogP contribution in [-0.4, -0.2) is 50.6 Å². The van der Waals surface area contributed by atoms with Gasteiger partial charge in [0.15, 0.2) is 0 Å². The molecule has 2 rings (SSSR count). The number of nitrogens with zero attached hydrogens (tertiary/aromatic N) is 2. The predicted molar refractivity (Wildman–Crippen MR) is 82.2 cm³/mol. The highest BCUT2D eigenvalue weighted by Gasteiger charge is 2.33. The Bertz CT molecular complexity index is 416. The zero-order chi connectivity index (χ0) is 13.8. The number of aliphatic hydroxyl groups is 1. The van der Waals surface area contributed by atoms with Crippen molar-refractivity contribution >= 4 is 35.1 Å². The van der Waals surface area contributed by atoms with Gasteiger partial charge in [-0.15, -0.1) is 0 Å². The molecule has 0 aromatic carbocycles. The first-order valence-corrected chi connectivity index (χ1v) is 8.74. The van der Waals surface area contributed by atoms with Gasteiger partial charge in [0.25, 0.3) is 0 Å². The van der Waals surface area contributed by atoms with Gasteiger partial charge in [-0.3, -0.25) is 4.68 Å². The standard InChI is InChI=1S/C12H19ClN2O2S2/c1-8-12(19-6-5-18-8)11(16)10-9(13)7-14-15(10)3-4-17-2/h7-8,11-12,16H,3-6H2,1-2H3. The summed E-state index contributed by atoms with van der Waals surface area (Å²) in [5.41, 5.74) is 0.713. The number of halogens is 1. The molecule has 2 heterocycles. The lowest BCUT2D eigenvalue weighted by Gasteiger charge is -2.32. The fourth-order valence-electron chi connectivity index (χ4n) is 2.17. The molecule has 1 aromatic heterocycles. The average Bonchev–Trinajstić information content (AvgIpc) is 2.77. The largest absolute Gasteiger partial charge is 0.386 e. The Morgan fingerprint density at radius 3 is 3.00 bits per heavy atom. The number of hydrogen-bond acceptors (Lipinski definition) is 5. The lowest BCUT2D eigenvalue weighted by Crippen LogP contribution is -2.31. The molecule has 0 saturated carbocycles. The molecule has 0 radical (unpaired) electrons. The third-order valence-electron chi connectivity index (χ3n) is 3.17. The van der Waals surface area contributed by atoms with Crippen LogP contribution in [0.3, 0.4) is 0 Å². The first kappa shape index (κ1) is 15.5. The molecule has 1 aliphatic rings. The van der Waals surface area contributed by atoms with Gasteiger partial charge >= 0.3 is 0 Å². The minimum absolute atomic E-state index is 0.161. The molecule has 0 spiro atoms. The van der Waals surface area contributed by atoms with Crippen LogP contribution in [0.1, 0.15) is 18.7 Å². The van der Waals surface area contributed by atoms with Gasteiger partial charge in [0.1, 0.15) is 6.10 Å². The summed E-state index contributed by atoms with van der Waals surface area (Å²) in [6.07, 6.45) is 1.01. The zero-order valence-electron chi connectivity index (χ0n) is 11.1. The van der Waals surface area contributed by atoms with Crippen molar-refractivity contribution in [2.75, 3.05) is 25.2 Å². The van der Waals surface area contributed by atoms with E-state index in [2.05, 4.69) is 12.0 Å². The number of aliphatic hydroxyl groups excluding tert-OH is 1. The number of methoxy groups -OCH3 is 1. The zero-order valence-corrected chi connectivity index (χ0v) is 13.5. The summed E-state index contributed by atoms with van der Waals surface area (Å²) < 4.78 is 6.81. The molecule has 0 bridgehead atoms. The van der Waals surface area contributed by atoms with Gasteiger partial charge in [-0.05, 0) is 0 Å². The first-order chi connectivity index (χ1) is 9.15. The summed E-state index contributed by atoms with van der Waals surface area (Å²) in [7, 11) is 1.65. The van der Waals surface area contributed by atoms with Crippen molar-refractivity contribution in [1.82, 2.24) is 9.78 Å². The van der Waals surface area contributed by atoms with Crippen molar-refractivity contribution in [3.63, 3.8) is 0 Å². The molecule has 19 heavy (non-hydrogen) atoms. The number of thioether (sulfide) groups is 2. The van der Waals surface area contributed by atoms with Crippen LogP contribution in [-0.2, 0) is 11.3 Å². The Morgan fingerprint density at radius 1 is 1.58 bits per heavy atom. The molecular formula is C12H19ClN2O2S2. The normalized spacial score (nSPS) is 25.5. The fourth-order valence-corrected chi connectivity index (χ4v) is 5.23. The predicted octanol–water partition coefficient (Wildman–Crippen LogP) is 2.45. The molecule has 1 N–H and O–H groups in total. The topological polar surface area (TPSA) is 47.3 Å². The van der Waals surface area contributed by atoms with E-state index < -0.39 is 6.10 Å². The maximum Gasteiger partial charge on any atom is 0.110 e. The van der Waals surface area contributed by atoms with E-state index in [9.17, 15) is 5.11 Å². The average molecular weight is 323 g/mol. The molecule has 1 fully saturated rings. The van der Waals surface area contributed by atoms with E-state index in [-0.39, 0.29) is 5.25 Å². The van der Waals surface area contributed by atoms with Gasteiger partial charge in [0.2, 0.25) is 0 Å². The molecule has 1 aliphatic heterocycles. The second kappa shape index (κ2) is 7.22. The summed E-state index contributed by atoms with van der Waals surface area (Å²) >= 11 is 9.91. The van der Waals surface area contributed by atoms with Crippen molar-refractivity contribution in [3.8, 4) is 0 Å². The van der Waals surface area contributed by atoms with E-state index in [1.807, 2.05) is 23.5 Å². The van der Waals surface area contributed by atoms with E-state index >= 15 is 0 Å². The summed E-state index contributed by atoms with van der Waals surface area (Å²) in [5.74, 6) is 2.21. The monoisotopic (exact) mass is 322 g/mol. The van der Waals surface area contributed by atoms with Gasteiger partial charge in [-0.25, -0.2) is 0 Å². The SMILES string of the molecule is COCCn1ncc(Cl)c1C(O)C1SCCSC1C. The van der Waals surface area contributed by atoms with Gasteiger partial charge in [-0.1, -0.05) is 18.5 Å². The van der Waals surface area contributed by atoms with Crippen LogP contribution in [0.5, 0.6) is 0 Å². The maximum atomic E-state index is 10.6. The van der Waals surface area contributed by atoms with E-state index in [1.165, 1.54) is 0 Å². The van der Waals surface area contributed by atoms with Crippen LogP contribution in [0.25, 0.3) is 0 Å². The molecule has 0 amide bonds. The number of rotatable bonds is 5. The minimum atomic E-state index is -0.584. The van der Waals surface area contributed by atoms with Crippen LogP contribution in [0.2, 0.25) is 5.02 Å². The van der Waals surface area contributed by atoms with Crippen molar-refractivity contribution in [1.29, 1.82) is 0 Å². The molecule has 3 atom stereocenters. The minimum Gasteiger partial charge on any atom is -0.386 e. The van der Waals surface area contributed by atoms with Crippen LogP contribution < -0.4 is 0 Å². The van der Waals surface area contributed by atoms with Gasteiger partial charge in [0.05, 0.1) is 30.1 Å². The summed E-state index contributed by atoms with van der Waals surface area (Å²) in [6.45, 7) is 3.32. The van der Waals surface area contributed by atoms with Crippen LogP contribution >= 0.6 is 35.1 Å². The highest BCUT2D eigenvalue weighted by molar-refractivity contribution is 8.07. The van der Waals surface area contributed by atoms with E-state index in [1.54, 1.807) is 18.0 Å². The number of aromatic nitrogens is 2.